The number of thioether (sulfide) groups is 1. The van der Waals surface area contributed by atoms with Crippen molar-refractivity contribution in [3.05, 3.63) is 30.1 Å². The van der Waals surface area contributed by atoms with Gasteiger partial charge in [-0.05, 0) is 49.9 Å². The second kappa shape index (κ2) is 8.04. The fourth-order valence-electron chi connectivity index (χ4n) is 3.20. The summed E-state index contributed by atoms with van der Waals surface area (Å²) in [7, 11) is 2.06. The molecule has 1 saturated carbocycles. The molecule has 0 bridgehead atoms. The maximum absolute atomic E-state index is 13.2. The number of hydrogen-bond donors (Lipinski definition) is 1. The molecule has 0 amide bonds. The topological polar surface area (TPSA) is 12.0 Å². The maximum Gasteiger partial charge on any atom is 0.124 e. The summed E-state index contributed by atoms with van der Waals surface area (Å²) < 4.78 is 13.2. The number of hydrogen-bond acceptors (Lipinski definition) is 2. The van der Waals surface area contributed by atoms with Crippen LogP contribution < -0.4 is 5.32 Å². The third-order valence-electron chi connectivity index (χ3n) is 4.63. The lowest BCUT2D eigenvalue weighted by Gasteiger charge is -2.33. The van der Waals surface area contributed by atoms with Crippen LogP contribution in [0.25, 0.3) is 0 Å². The molecule has 0 radical (unpaired) electrons. The van der Waals surface area contributed by atoms with E-state index >= 15 is 0 Å². The highest BCUT2D eigenvalue weighted by molar-refractivity contribution is 7.99. The molecule has 1 aromatic carbocycles. The van der Waals surface area contributed by atoms with Crippen molar-refractivity contribution in [3.8, 4) is 0 Å². The van der Waals surface area contributed by atoms with Gasteiger partial charge >= 0.3 is 0 Å². The van der Waals surface area contributed by atoms with Crippen LogP contribution in [0.15, 0.2) is 29.2 Å². The number of halogens is 1. The lowest BCUT2D eigenvalue weighted by atomic mass is 9.78. The standard InChI is InChI=1S/C17H26FNS/c1-3-13-7-9-14(10-8-13)17(19-2)12-20-16-6-4-5-15(18)11-16/h4-6,11,13-14,17,19H,3,7-10,12H2,1-2H3. The van der Waals surface area contributed by atoms with Gasteiger partial charge in [-0.3, -0.25) is 0 Å². The average Bonchev–Trinajstić information content (AvgIpc) is 2.48. The fourth-order valence-corrected chi connectivity index (χ4v) is 4.38. The maximum atomic E-state index is 13.2. The molecule has 1 nitrogen and oxygen atoms in total. The van der Waals surface area contributed by atoms with E-state index in [1.165, 1.54) is 38.2 Å². The highest BCUT2D eigenvalue weighted by atomic mass is 32.2. The van der Waals surface area contributed by atoms with E-state index in [2.05, 4.69) is 19.3 Å². The molecular weight excluding hydrogens is 269 g/mol. The molecular formula is C17H26FNS. The van der Waals surface area contributed by atoms with E-state index in [1.807, 2.05) is 6.07 Å². The van der Waals surface area contributed by atoms with Crippen molar-refractivity contribution < 1.29 is 4.39 Å². The molecule has 0 aromatic heterocycles. The zero-order valence-corrected chi connectivity index (χ0v) is 13.4. The lowest BCUT2D eigenvalue weighted by molar-refractivity contribution is 0.233. The quantitative estimate of drug-likeness (QED) is 0.762. The predicted molar refractivity (Wildman–Crippen MR) is 85.7 cm³/mol. The van der Waals surface area contributed by atoms with Crippen molar-refractivity contribution in [1.29, 1.82) is 0 Å². The molecule has 1 fully saturated rings. The van der Waals surface area contributed by atoms with Crippen LogP contribution in [0, 0.1) is 17.7 Å². The van der Waals surface area contributed by atoms with Crippen LogP contribution in [0.5, 0.6) is 0 Å². The van der Waals surface area contributed by atoms with Crippen LogP contribution in [0.3, 0.4) is 0 Å². The summed E-state index contributed by atoms with van der Waals surface area (Å²) in [4.78, 5) is 1.03. The average molecular weight is 295 g/mol. The molecule has 3 heteroatoms. The zero-order chi connectivity index (χ0) is 14.4. The summed E-state index contributed by atoms with van der Waals surface area (Å²) in [6.07, 6.45) is 6.77. The smallest absolute Gasteiger partial charge is 0.124 e. The number of rotatable bonds is 6. The molecule has 1 atom stereocenters. The highest BCUT2D eigenvalue weighted by Crippen LogP contribution is 2.34. The van der Waals surface area contributed by atoms with Gasteiger partial charge in [0.1, 0.15) is 5.82 Å². The Labute approximate surface area is 126 Å². The van der Waals surface area contributed by atoms with Crippen molar-refractivity contribution in [2.75, 3.05) is 12.8 Å². The van der Waals surface area contributed by atoms with E-state index in [1.54, 1.807) is 23.9 Å². The van der Waals surface area contributed by atoms with Crippen molar-refractivity contribution in [3.63, 3.8) is 0 Å². The molecule has 0 saturated heterocycles. The van der Waals surface area contributed by atoms with Gasteiger partial charge in [0.15, 0.2) is 0 Å². The van der Waals surface area contributed by atoms with E-state index in [0.29, 0.717) is 6.04 Å². The summed E-state index contributed by atoms with van der Waals surface area (Å²) in [5.41, 5.74) is 0. The zero-order valence-electron chi connectivity index (χ0n) is 12.6. The molecule has 0 aliphatic heterocycles. The Hall–Kier alpha value is -0.540. The number of benzene rings is 1. The minimum absolute atomic E-state index is 0.139. The Bertz CT molecular complexity index is 402. The van der Waals surface area contributed by atoms with E-state index in [0.717, 1.165) is 22.5 Å². The van der Waals surface area contributed by atoms with Crippen LogP contribution in [-0.2, 0) is 0 Å². The third kappa shape index (κ3) is 4.49. The van der Waals surface area contributed by atoms with E-state index < -0.39 is 0 Å². The van der Waals surface area contributed by atoms with Gasteiger partial charge in [0, 0.05) is 16.7 Å². The van der Waals surface area contributed by atoms with Crippen LogP contribution in [0.2, 0.25) is 0 Å². The third-order valence-corrected chi connectivity index (χ3v) is 5.75. The van der Waals surface area contributed by atoms with E-state index in [4.69, 9.17) is 0 Å². The molecule has 1 aliphatic carbocycles. The molecule has 1 N–H and O–H groups in total. The molecule has 112 valence electrons. The SMILES string of the molecule is CCC1CCC(C(CSc2cccc(F)c2)NC)CC1. The molecule has 1 aliphatic rings. The summed E-state index contributed by atoms with van der Waals surface area (Å²) in [5, 5.41) is 3.47. The fraction of sp³-hybridized carbons (Fsp3) is 0.647. The van der Waals surface area contributed by atoms with Gasteiger partial charge in [-0.15, -0.1) is 11.8 Å². The number of nitrogens with one attached hydrogen (secondary N) is 1. The van der Waals surface area contributed by atoms with Crippen LogP contribution in [-0.4, -0.2) is 18.8 Å². The van der Waals surface area contributed by atoms with Gasteiger partial charge in [0.05, 0.1) is 0 Å². The van der Waals surface area contributed by atoms with Crippen molar-refractivity contribution in [2.24, 2.45) is 11.8 Å². The van der Waals surface area contributed by atoms with Crippen LogP contribution >= 0.6 is 11.8 Å². The highest BCUT2D eigenvalue weighted by Gasteiger charge is 2.26. The molecule has 20 heavy (non-hydrogen) atoms. The Morgan fingerprint density at radius 3 is 2.65 bits per heavy atom. The first-order valence-electron chi connectivity index (χ1n) is 7.78. The normalized spacial score (nSPS) is 24.6. The van der Waals surface area contributed by atoms with Gasteiger partial charge in [-0.1, -0.05) is 32.3 Å². The first kappa shape index (κ1) is 15.8. The summed E-state index contributed by atoms with van der Waals surface area (Å²) in [6.45, 7) is 2.31. The second-order valence-electron chi connectivity index (χ2n) is 5.85. The Morgan fingerprint density at radius 1 is 1.30 bits per heavy atom. The van der Waals surface area contributed by atoms with Crippen LogP contribution in [0.1, 0.15) is 39.0 Å². The molecule has 2 rings (SSSR count). The first-order valence-corrected chi connectivity index (χ1v) is 8.77. The Balaban J connectivity index is 1.83. The minimum Gasteiger partial charge on any atom is -0.316 e. The lowest BCUT2D eigenvalue weighted by Crippen LogP contribution is -2.37. The van der Waals surface area contributed by atoms with Gasteiger partial charge in [-0.25, -0.2) is 4.39 Å². The summed E-state index contributed by atoms with van der Waals surface area (Å²) in [6, 6.07) is 7.46. The Kier molecular flexibility index (Phi) is 6.37. The van der Waals surface area contributed by atoms with Crippen molar-refractivity contribution in [2.45, 2.75) is 50.0 Å². The van der Waals surface area contributed by atoms with E-state index in [9.17, 15) is 4.39 Å². The minimum atomic E-state index is -0.139. The van der Waals surface area contributed by atoms with Crippen molar-refractivity contribution >= 4 is 11.8 Å². The van der Waals surface area contributed by atoms with Gasteiger partial charge in [0.2, 0.25) is 0 Å². The van der Waals surface area contributed by atoms with Gasteiger partial charge in [0.25, 0.3) is 0 Å². The predicted octanol–water partition coefficient (Wildman–Crippen LogP) is 4.72. The molecule has 0 heterocycles. The molecule has 1 unspecified atom stereocenters. The molecule has 1 aromatic rings. The van der Waals surface area contributed by atoms with Gasteiger partial charge < -0.3 is 5.32 Å². The monoisotopic (exact) mass is 295 g/mol. The Morgan fingerprint density at radius 2 is 2.05 bits per heavy atom. The van der Waals surface area contributed by atoms with E-state index in [-0.39, 0.29) is 5.82 Å². The second-order valence-corrected chi connectivity index (χ2v) is 6.95. The molecule has 0 spiro atoms. The summed E-state index contributed by atoms with van der Waals surface area (Å²) in [5.74, 6) is 2.62. The van der Waals surface area contributed by atoms with Crippen molar-refractivity contribution in [1.82, 2.24) is 5.32 Å². The first-order chi connectivity index (χ1) is 9.72. The summed E-state index contributed by atoms with van der Waals surface area (Å²) >= 11 is 1.76. The van der Waals surface area contributed by atoms with Crippen LogP contribution in [0.4, 0.5) is 4.39 Å². The largest absolute Gasteiger partial charge is 0.316 e. The van der Waals surface area contributed by atoms with Gasteiger partial charge in [-0.2, -0.15) is 0 Å².